The normalized spacial score (nSPS) is 12.9. The summed E-state index contributed by atoms with van der Waals surface area (Å²) in [6.45, 7) is 15.6. The zero-order valence-electron chi connectivity index (χ0n) is 29.4. The molecule has 0 bridgehead atoms. The van der Waals surface area contributed by atoms with E-state index < -0.39 is 13.9 Å². The first-order valence-electron chi connectivity index (χ1n) is 16.9. The van der Waals surface area contributed by atoms with Crippen LogP contribution in [0.5, 0.6) is 17.2 Å². The van der Waals surface area contributed by atoms with E-state index >= 15 is 0 Å². The van der Waals surface area contributed by atoms with Gasteiger partial charge in [-0.3, -0.25) is 0 Å². The van der Waals surface area contributed by atoms with E-state index in [-0.39, 0.29) is 10.3 Å². The SMILES string of the molecule is CCc1cc(CC)cc(P(c2ccccc2)(c2ccccc2OB(Oc2ccccc2)Oc2ccccc2)(C(C)(C)C)C(C)(C)C)c1. The van der Waals surface area contributed by atoms with Gasteiger partial charge in [0.1, 0.15) is 0 Å². The van der Waals surface area contributed by atoms with Gasteiger partial charge < -0.3 is 0 Å². The Hall–Kier alpha value is -4.01. The second-order valence-electron chi connectivity index (χ2n) is 14.2. The van der Waals surface area contributed by atoms with Gasteiger partial charge in [-0.05, 0) is 0 Å². The Balaban J connectivity index is 1.88. The molecule has 244 valence electrons. The van der Waals surface area contributed by atoms with E-state index in [4.69, 9.17) is 14.0 Å². The maximum atomic E-state index is 7.02. The van der Waals surface area contributed by atoms with Gasteiger partial charge in [-0.25, -0.2) is 0 Å². The van der Waals surface area contributed by atoms with Gasteiger partial charge >= 0.3 is 284 Å². The van der Waals surface area contributed by atoms with Crippen molar-refractivity contribution in [1.82, 2.24) is 0 Å². The summed E-state index contributed by atoms with van der Waals surface area (Å²) >= 11 is 0. The van der Waals surface area contributed by atoms with Gasteiger partial charge in [-0.2, -0.15) is 0 Å². The van der Waals surface area contributed by atoms with E-state index in [9.17, 15) is 0 Å². The van der Waals surface area contributed by atoms with Crippen molar-refractivity contribution in [2.45, 2.75) is 78.5 Å². The molecule has 0 amide bonds. The van der Waals surface area contributed by atoms with Crippen molar-refractivity contribution in [3.8, 4) is 17.2 Å². The first kappa shape index (κ1) is 34.3. The Morgan fingerprint density at radius 3 is 1.36 bits per heavy atom. The maximum absolute atomic E-state index is 7.02. The van der Waals surface area contributed by atoms with Crippen LogP contribution in [0.15, 0.2) is 133 Å². The molecule has 5 aromatic carbocycles. The average molecular weight is 645 g/mol. The molecule has 0 aliphatic carbocycles. The van der Waals surface area contributed by atoms with Crippen LogP contribution in [0.3, 0.4) is 0 Å². The number of hydrogen-bond acceptors (Lipinski definition) is 3. The van der Waals surface area contributed by atoms with Crippen LogP contribution in [0.1, 0.15) is 66.5 Å². The number of benzene rings is 5. The summed E-state index contributed by atoms with van der Waals surface area (Å²) in [5.41, 5.74) is 2.71. The third-order valence-electron chi connectivity index (χ3n) is 9.85. The fourth-order valence-corrected chi connectivity index (χ4v) is 18.1. The van der Waals surface area contributed by atoms with Crippen LogP contribution in [0, 0.1) is 0 Å². The number of rotatable bonds is 11. The van der Waals surface area contributed by atoms with E-state index in [1.54, 1.807) is 0 Å². The Kier molecular flexibility index (Phi) is 9.95. The molecule has 5 heteroatoms. The molecular weight excluding hydrogens is 594 g/mol. The molecule has 5 rings (SSSR count). The van der Waals surface area contributed by atoms with Gasteiger partial charge in [0.05, 0.1) is 0 Å². The molecule has 0 saturated carbocycles. The van der Waals surface area contributed by atoms with Crippen molar-refractivity contribution in [2.75, 3.05) is 0 Å². The topological polar surface area (TPSA) is 27.7 Å². The van der Waals surface area contributed by atoms with Crippen LogP contribution in [-0.4, -0.2) is 17.6 Å². The van der Waals surface area contributed by atoms with E-state index in [0.717, 1.165) is 18.6 Å². The third kappa shape index (κ3) is 5.87. The molecule has 0 fully saturated rings. The summed E-state index contributed by atoms with van der Waals surface area (Å²) < 4.78 is 19.9. The van der Waals surface area contributed by atoms with Crippen LogP contribution < -0.4 is 29.9 Å². The van der Waals surface area contributed by atoms with Crippen LogP contribution in [0.25, 0.3) is 0 Å². The summed E-state index contributed by atoms with van der Waals surface area (Å²) in [7, 11) is -1.04. The predicted octanol–water partition coefficient (Wildman–Crippen LogP) is 9.76. The molecule has 0 atom stereocenters. The van der Waals surface area contributed by atoms with E-state index in [0.29, 0.717) is 11.5 Å². The molecule has 0 radical (unpaired) electrons. The minimum atomic E-state index is -3.55. The first-order valence-corrected chi connectivity index (χ1v) is 19.1. The van der Waals surface area contributed by atoms with Crippen LogP contribution >= 0.6 is 6.60 Å². The monoisotopic (exact) mass is 644 g/mol. The third-order valence-corrected chi connectivity index (χ3v) is 19.2. The van der Waals surface area contributed by atoms with Crippen LogP contribution in [-0.2, 0) is 12.8 Å². The van der Waals surface area contributed by atoms with Crippen LogP contribution in [0.4, 0.5) is 0 Å². The summed E-state index contributed by atoms with van der Waals surface area (Å²) in [6.07, 6.45) is 1.93. The number of hydrogen-bond donors (Lipinski definition) is 0. The fourth-order valence-electron chi connectivity index (χ4n) is 8.16. The van der Waals surface area contributed by atoms with E-state index in [1.807, 2.05) is 60.7 Å². The molecular formula is C42H50BO3P. The second kappa shape index (κ2) is 13.6. The van der Waals surface area contributed by atoms with Crippen LogP contribution in [0.2, 0.25) is 0 Å². The number of para-hydroxylation sites is 3. The zero-order valence-corrected chi connectivity index (χ0v) is 30.3. The molecule has 3 nitrogen and oxygen atoms in total. The second-order valence-corrected chi connectivity index (χ2v) is 20.7. The van der Waals surface area contributed by atoms with E-state index in [2.05, 4.69) is 128 Å². The van der Waals surface area contributed by atoms with Crippen molar-refractivity contribution < 1.29 is 14.0 Å². The molecule has 0 aromatic heterocycles. The van der Waals surface area contributed by atoms with Crippen molar-refractivity contribution in [3.63, 3.8) is 0 Å². The Bertz CT molecular complexity index is 1680. The van der Waals surface area contributed by atoms with Gasteiger partial charge in [-0.15, -0.1) is 0 Å². The Morgan fingerprint density at radius 1 is 0.489 bits per heavy atom. The van der Waals surface area contributed by atoms with Crippen molar-refractivity contribution >= 4 is 29.8 Å². The van der Waals surface area contributed by atoms with Gasteiger partial charge in [0, 0.05) is 0 Å². The first-order chi connectivity index (χ1) is 22.5. The van der Waals surface area contributed by atoms with Crippen molar-refractivity contribution in [3.05, 3.63) is 145 Å². The molecule has 0 unspecified atom stereocenters. The van der Waals surface area contributed by atoms with E-state index in [1.165, 1.54) is 27.0 Å². The molecule has 0 heterocycles. The van der Waals surface area contributed by atoms with Gasteiger partial charge in [0.15, 0.2) is 0 Å². The predicted molar refractivity (Wildman–Crippen MR) is 204 cm³/mol. The average Bonchev–Trinajstić information content (AvgIpc) is 3.06. The molecule has 0 aliphatic heterocycles. The zero-order chi connectivity index (χ0) is 33.7. The molecule has 0 saturated heterocycles. The Labute approximate surface area is 283 Å². The summed E-state index contributed by atoms with van der Waals surface area (Å²) in [5, 5.41) is 3.45. The van der Waals surface area contributed by atoms with Gasteiger partial charge in [0.25, 0.3) is 0 Å². The molecule has 0 spiro atoms. The van der Waals surface area contributed by atoms with Crippen molar-refractivity contribution in [1.29, 1.82) is 0 Å². The van der Waals surface area contributed by atoms with Crippen molar-refractivity contribution in [2.24, 2.45) is 0 Å². The molecule has 0 N–H and O–H groups in total. The standard InChI is InChI=1S/C42H50BO3P/c1-9-33-30-34(10-2)32-38(31-33)47(41(3,4)5,42(6,7)8,37-26-18-13-19-27-37)40-29-21-20-28-39(40)46-43(44-35-22-14-11-15-23-35)45-36-24-16-12-17-25-36/h11-32H,9-10H2,1-8H3. The van der Waals surface area contributed by atoms with Gasteiger partial charge in [-0.1, -0.05) is 0 Å². The van der Waals surface area contributed by atoms with Gasteiger partial charge in [0.2, 0.25) is 0 Å². The molecule has 5 aromatic rings. The minimum absolute atomic E-state index is 0.238. The fraction of sp³-hybridized carbons (Fsp3) is 0.286. The molecule has 0 aliphatic rings. The summed E-state index contributed by atoms with van der Waals surface area (Å²) in [6, 6.07) is 46.7. The number of aryl methyl sites for hydroxylation is 2. The summed E-state index contributed by atoms with van der Waals surface area (Å²) in [4.78, 5) is 0. The quantitative estimate of drug-likeness (QED) is 0.106. The summed E-state index contributed by atoms with van der Waals surface area (Å²) in [5.74, 6) is 2.10. The Morgan fingerprint density at radius 2 is 0.915 bits per heavy atom. The molecule has 47 heavy (non-hydrogen) atoms.